The Kier molecular flexibility index (Phi) is 4.07. The summed E-state index contributed by atoms with van der Waals surface area (Å²) in [6, 6.07) is -0.128. The van der Waals surface area contributed by atoms with Crippen LogP contribution in [0, 0.1) is 5.92 Å². The van der Waals surface area contributed by atoms with E-state index >= 15 is 0 Å². The summed E-state index contributed by atoms with van der Waals surface area (Å²) >= 11 is 0. The summed E-state index contributed by atoms with van der Waals surface area (Å²) in [5, 5.41) is 12.5. The lowest BCUT2D eigenvalue weighted by Crippen LogP contribution is -2.44. The average Bonchev–Trinajstić information content (AvgIpc) is 2.86. The van der Waals surface area contributed by atoms with Crippen LogP contribution in [0.3, 0.4) is 0 Å². The van der Waals surface area contributed by atoms with Gasteiger partial charge in [0.15, 0.2) is 0 Å². The minimum atomic E-state index is -3.23. The topological polar surface area (TPSA) is 69.6 Å². The van der Waals surface area contributed by atoms with E-state index in [1.807, 2.05) is 6.92 Å². The first kappa shape index (κ1) is 13.3. The van der Waals surface area contributed by atoms with E-state index in [2.05, 4.69) is 5.32 Å². The van der Waals surface area contributed by atoms with E-state index in [0.717, 1.165) is 25.8 Å². The molecule has 2 heterocycles. The largest absolute Gasteiger partial charge is 0.395 e. The molecule has 2 aliphatic heterocycles. The monoisotopic (exact) mass is 262 g/mol. The second-order valence-electron chi connectivity index (χ2n) is 5.20. The minimum Gasteiger partial charge on any atom is -0.395 e. The summed E-state index contributed by atoms with van der Waals surface area (Å²) in [4.78, 5) is 0. The Morgan fingerprint density at radius 2 is 2.18 bits per heavy atom. The van der Waals surface area contributed by atoms with Crippen molar-refractivity contribution < 1.29 is 13.5 Å². The molecule has 3 unspecified atom stereocenters. The predicted octanol–water partition coefficient (Wildman–Crippen LogP) is -0.229. The van der Waals surface area contributed by atoms with Crippen LogP contribution in [0.5, 0.6) is 0 Å². The van der Waals surface area contributed by atoms with Crippen molar-refractivity contribution in [3.8, 4) is 0 Å². The van der Waals surface area contributed by atoms with Crippen LogP contribution in [0.25, 0.3) is 0 Å². The van der Waals surface area contributed by atoms with Gasteiger partial charge in [0.05, 0.1) is 18.4 Å². The lowest BCUT2D eigenvalue weighted by Gasteiger charge is -2.25. The molecule has 0 saturated carbocycles. The van der Waals surface area contributed by atoms with E-state index in [1.165, 1.54) is 4.31 Å². The predicted molar refractivity (Wildman–Crippen MR) is 66.2 cm³/mol. The first-order valence-electron chi connectivity index (χ1n) is 6.38. The summed E-state index contributed by atoms with van der Waals surface area (Å²) in [6.07, 6.45) is 2.84. The van der Waals surface area contributed by atoms with Crippen LogP contribution in [0.4, 0.5) is 0 Å². The van der Waals surface area contributed by atoms with Gasteiger partial charge < -0.3 is 10.4 Å². The maximum absolute atomic E-state index is 12.3. The van der Waals surface area contributed by atoms with Crippen LogP contribution in [0.2, 0.25) is 0 Å². The molecular weight excluding hydrogens is 240 g/mol. The zero-order valence-corrected chi connectivity index (χ0v) is 11.1. The zero-order chi connectivity index (χ0) is 12.5. The van der Waals surface area contributed by atoms with E-state index in [-0.39, 0.29) is 30.4 Å². The number of aliphatic hydroxyl groups excluding tert-OH is 1. The molecular formula is C11H22N2O3S. The Bertz CT molecular complexity index is 352. The van der Waals surface area contributed by atoms with Crippen LogP contribution in [-0.2, 0) is 10.0 Å². The molecule has 0 bridgehead atoms. The number of hydrogen-bond donors (Lipinski definition) is 2. The van der Waals surface area contributed by atoms with Gasteiger partial charge in [-0.15, -0.1) is 0 Å². The van der Waals surface area contributed by atoms with E-state index in [4.69, 9.17) is 0 Å². The number of rotatable bonds is 4. The van der Waals surface area contributed by atoms with Gasteiger partial charge in [-0.05, 0) is 31.7 Å². The molecule has 3 atom stereocenters. The lowest BCUT2D eigenvalue weighted by molar-refractivity contribution is 0.191. The second-order valence-corrected chi connectivity index (χ2v) is 7.16. The van der Waals surface area contributed by atoms with E-state index < -0.39 is 10.0 Å². The Balaban J connectivity index is 2.04. The Hall–Kier alpha value is -0.170. The molecule has 2 N–H and O–H groups in total. The van der Waals surface area contributed by atoms with Crippen LogP contribution in [0.1, 0.15) is 26.2 Å². The third-order valence-electron chi connectivity index (χ3n) is 3.95. The molecule has 100 valence electrons. The molecule has 0 aromatic carbocycles. The molecule has 2 aliphatic rings. The highest BCUT2D eigenvalue weighted by atomic mass is 32.2. The van der Waals surface area contributed by atoms with Crippen molar-refractivity contribution in [1.82, 2.24) is 9.62 Å². The number of aliphatic hydroxyl groups is 1. The van der Waals surface area contributed by atoms with E-state index in [9.17, 15) is 13.5 Å². The molecule has 0 aliphatic carbocycles. The maximum Gasteiger partial charge on any atom is 0.215 e. The molecule has 0 aromatic heterocycles. The van der Waals surface area contributed by atoms with Crippen LogP contribution < -0.4 is 5.32 Å². The minimum absolute atomic E-state index is 0.0709. The van der Waals surface area contributed by atoms with Crippen molar-refractivity contribution in [3.63, 3.8) is 0 Å². The van der Waals surface area contributed by atoms with Crippen molar-refractivity contribution in [2.75, 3.05) is 25.4 Å². The first-order chi connectivity index (χ1) is 8.04. The molecule has 2 fully saturated rings. The Morgan fingerprint density at radius 3 is 2.76 bits per heavy atom. The fourth-order valence-electron chi connectivity index (χ4n) is 2.84. The smallest absolute Gasteiger partial charge is 0.215 e. The lowest BCUT2D eigenvalue weighted by atomic mass is 10.0. The van der Waals surface area contributed by atoms with Gasteiger partial charge >= 0.3 is 0 Å². The number of hydrogen-bond acceptors (Lipinski definition) is 4. The van der Waals surface area contributed by atoms with Gasteiger partial charge in [-0.2, -0.15) is 4.31 Å². The normalized spacial score (nSPS) is 35.5. The highest BCUT2D eigenvalue weighted by Crippen LogP contribution is 2.27. The van der Waals surface area contributed by atoms with Crippen molar-refractivity contribution in [3.05, 3.63) is 0 Å². The van der Waals surface area contributed by atoms with Gasteiger partial charge in [-0.1, -0.05) is 6.92 Å². The van der Waals surface area contributed by atoms with Crippen molar-refractivity contribution in [2.24, 2.45) is 5.92 Å². The van der Waals surface area contributed by atoms with E-state index in [1.54, 1.807) is 0 Å². The maximum atomic E-state index is 12.3. The quantitative estimate of drug-likeness (QED) is 0.734. The van der Waals surface area contributed by atoms with Crippen LogP contribution >= 0.6 is 0 Å². The van der Waals surface area contributed by atoms with Crippen LogP contribution in [0.15, 0.2) is 0 Å². The number of nitrogens with one attached hydrogen (secondary N) is 1. The highest BCUT2D eigenvalue weighted by molar-refractivity contribution is 7.89. The Morgan fingerprint density at radius 1 is 1.41 bits per heavy atom. The van der Waals surface area contributed by atoms with Gasteiger partial charge in [0, 0.05) is 12.6 Å². The molecule has 2 saturated heterocycles. The molecule has 2 rings (SSSR count). The van der Waals surface area contributed by atoms with E-state index in [0.29, 0.717) is 6.54 Å². The third kappa shape index (κ3) is 2.81. The standard InChI is InChI=1S/C11H22N2O3S/c1-9-4-6-13(11(9)7-14)17(15,16)8-10-3-2-5-12-10/h9-12,14H,2-8H2,1H3. The molecule has 17 heavy (non-hydrogen) atoms. The van der Waals surface area contributed by atoms with Gasteiger partial charge in [-0.25, -0.2) is 8.42 Å². The summed E-state index contributed by atoms with van der Waals surface area (Å²) in [5.41, 5.74) is 0. The number of nitrogens with zero attached hydrogens (tertiary/aromatic N) is 1. The van der Waals surface area contributed by atoms with Crippen molar-refractivity contribution in [2.45, 2.75) is 38.3 Å². The molecule has 6 heteroatoms. The average molecular weight is 262 g/mol. The molecule has 0 spiro atoms. The molecule has 0 aromatic rings. The Labute approximate surface area is 103 Å². The summed E-state index contributed by atoms with van der Waals surface area (Å²) in [6.45, 7) is 3.41. The van der Waals surface area contributed by atoms with Gasteiger partial charge in [0.1, 0.15) is 0 Å². The van der Waals surface area contributed by atoms with Gasteiger partial charge in [0.25, 0.3) is 0 Å². The highest BCUT2D eigenvalue weighted by Gasteiger charge is 2.39. The number of sulfonamides is 1. The fourth-order valence-corrected chi connectivity index (χ4v) is 4.89. The van der Waals surface area contributed by atoms with Gasteiger partial charge in [0.2, 0.25) is 10.0 Å². The summed E-state index contributed by atoms with van der Waals surface area (Å²) in [7, 11) is -3.23. The molecule has 0 amide bonds. The molecule has 0 radical (unpaired) electrons. The van der Waals surface area contributed by atoms with Crippen molar-refractivity contribution >= 4 is 10.0 Å². The first-order valence-corrected chi connectivity index (χ1v) is 7.99. The summed E-state index contributed by atoms with van der Waals surface area (Å²) < 4.78 is 26.1. The second kappa shape index (κ2) is 5.22. The fraction of sp³-hybridized carbons (Fsp3) is 1.00. The third-order valence-corrected chi connectivity index (χ3v) is 5.94. The van der Waals surface area contributed by atoms with Crippen molar-refractivity contribution in [1.29, 1.82) is 0 Å². The molecule has 5 nitrogen and oxygen atoms in total. The van der Waals surface area contributed by atoms with Crippen LogP contribution in [-0.4, -0.2) is 55.4 Å². The van der Waals surface area contributed by atoms with Gasteiger partial charge in [-0.3, -0.25) is 0 Å². The zero-order valence-electron chi connectivity index (χ0n) is 10.3. The SMILES string of the molecule is CC1CCN(S(=O)(=O)CC2CCCN2)C1CO. The summed E-state index contributed by atoms with van der Waals surface area (Å²) in [5.74, 6) is 0.433.